The van der Waals surface area contributed by atoms with Crippen molar-refractivity contribution in [3.63, 3.8) is 0 Å². The Bertz CT molecular complexity index is 493. The highest BCUT2D eigenvalue weighted by atomic mass is 16.5. The Hall–Kier alpha value is -1.30. The van der Waals surface area contributed by atoms with Gasteiger partial charge in [-0.1, -0.05) is 19.9 Å². The molecule has 1 aliphatic heterocycles. The lowest BCUT2D eigenvalue weighted by Gasteiger charge is -2.42. The normalized spacial score (nSPS) is 20.1. The topological polar surface area (TPSA) is 56.2 Å². The number of methoxy groups -OCH3 is 1. The number of aliphatic hydroxyl groups is 1. The molecular formula is C18H30N2O3. The zero-order chi connectivity index (χ0) is 16.8. The van der Waals surface area contributed by atoms with Gasteiger partial charge in [0.05, 0.1) is 7.11 Å². The van der Waals surface area contributed by atoms with Crippen molar-refractivity contribution >= 4 is 0 Å². The average Bonchev–Trinajstić information content (AvgIpc) is 2.51. The molecule has 2 rings (SSSR count). The Balaban J connectivity index is 2.02. The van der Waals surface area contributed by atoms with Crippen LogP contribution in [0.2, 0.25) is 0 Å². The van der Waals surface area contributed by atoms with E-state index in [1.165, 1.54) is 0 Å². The zero-order valence-corrected chi connectivity index (χ0v) is 14.5. The fraction of sp³-hybridized carbons (Fsp3) is 0.667. The summed E-state index contributed by atoms with van der Waals surface area (Å²) >= 11 is 0. The zero-order valence-electron chi connectivity index (χ0n) is 14.5. The number of nitrogens with zero attached hydrogens (tertiary/aromatic N) is 2. The molecule has 5 heteroatoms. The molecule has 1 saturated heterocycles. The molecule has 1 atom stereocenters. The minimum atomic E-state index is 0.227. The second kappa shape index (κ2) is 8.52. The number of phenolic OH excluding ortho intramolecular Hbond substituents is 1. The summed E-state index contributed by atoms with van der Waals surface area (Å²) in [6.45, 7) is 9.60. The molecule has 0 saturated carbocycles. The summed E-state index contributed by atoms with van der Waals surface area (Å²) in [5.41, 5.74) is 1.09. The molecule has 1 aromatic carbocycles. The fourth-order valence-corrected chi connectivity index (χ4v) is 3.34. The summed E-state index contributed by atoms with van der Waals surface area (Å²) < 4.78 is 5.38. The van der Waals surface area contributed by atoms with Gasteiger partial charge in [-0.2, -0.15) is 0 Å². The van der Waals surface area contributed by atoms with E-state index in [0.29, 0.717) is 12.0 Å². The molecule has 5 nitrogen and oxygen atoms in total. The highest BCUT2D eigenvalue weighted by molar-refractivity contribution is 5.40. The molecule has 0 amide bonds. The van der Waals surface area contributed by atoms with Gasteiger partial charge in [0.1, 0.15) is 11.5 Å². The van der Waals surface area contributed by atoms with Gasteiger partial charge in [-0.15, -0.1) is 0 Å². The van der Waals surface area contributed by atoms with Crippen LogP contribution >= 0.6 is 0 Å². The van der Waals surface area contributed by atoms with Gasteiger partial charge >= 0.3 is 0 Å². The molecule has 130 valence electrons. The molecule has 0 spiro atoms. The van der Waals surface area contributed by atoms with E-state index in [9.17, 15) is 10.2 Å². The van der Waals surface area contributed by atoms with Crippen LogP contribution in [0.3, 0.4) is 0 Å². The van der Waals surface area contributed by atoms with Crippen molar-refractivity contribution in [3.05, 3.63) is 23.8 Å². The third-order valence-corrected chi connectivity index (χ3v) is 4.42. The second-order valence-electron chi connectivity index (χ2n) is 6.79. The van der Waals surface area contributed by atoms with Crippen molar-refractivity contribution in [2.45, 2.75) is 32.9 Å². The molecule has 1 heterocycles. The van der Waals surface area contributed by atoms with Crippen LogP contribution < -0.4 is 4.74 Å². The van der Waals surface area contributed by atoms with E-state index in [1.54, 1.807) is 19.2 Å². The Kier molecular flexibility index (Phi) is 6.69. The second-order valence-corrected chi connectivity index (χ2v) is 6.79. The maximum Gasteiger partial charge on any atom is 0.127 e. The van der Waals surface area contributed by atoms with Gasteiger partial charge < -0.3 is 14.9 Å². The maximum atomic E-state index is 9.58. The Morgan fingerprint density at radius 3 is 2.74 bits per heavy atom. The number of piperazine rings is 1. The molecule has 1 aliphatic rings. The first-order valence-corrected chi connectivity index (χ1v) is 8.46. The lowest BCUT2D eigenvalue weighted by atomic mass is 10.0. The van der Waals surface area contributed by atoms with E-state index in [1.807, 2.05) is 6.07 Å². The molecule has 0 bridgehead atoms. The van der Waals surface area contributed by atoms with E-state index in [-0.39, 0.29) is 12.4 Å². The SMILES string of the molecule is COc1cc(O)ccc1CN1CCN(CC(C)C)C(CCO)C1. The van der Waals surface area contributed by atoms with Gasteiger partial charge in [0.15, 0.2) is 0 Å². The van der Waals surface area contributed by atoms with Crippen molar-refractivity contribution in [3.8, 4) is 11.5 Å². The first kappa shape index (κ1) is 18.0. The molecule has 1 fully saturated rings. The maximum absolute atomic E-state index is 9.58. The third-order valence-electron chi connectivity index (χ3n) is 4.42. The molecule has 0 aromatic heterocycles. The number of rotatable bonds is 7. The lowest BCUT2D eigenvalue weighted by Crippen LogP contribution is -2.53. The Labute approximate surface area is 139 Å². The van der Waals surface area contributed by atoms with E-state index in [2.05, 4.69) is 23.6 Å². The Morgan fingerprint density at radius 2 is 2.09 bits per heavy atom. The molecular weight excluding hydrogens is 292 g/mol. The van der Waals surface area contributed by atoms with Crippen molar-refractivity contribution in [1.29, 1.82) is 0 Å². The summed E-state index contributed by atoms with van der Waals surface area (Å²) in [5.74, 6) is 1.60. The van der Waals surface area contributed by atoms with Crippen molar-refractivity contribution < 1.29 is 14.9 Å². The first-order valence-electron chi connectivity index (χ1n) is 8.46. The summed E-state index contributed by atoms with van der Waals surface area (Å²) in [6, 6.07) is 5.70. The van der Waals surface area contributed by atoms with E-state index < -0.39 is 0 Å². The van der Waals surface area contributed by atoms with Crippen LogP contribution in [0.1, 0.15) is 25.8 Å². The number of ether oxygens (including phenoxy) is 1. The lowest BCUT2D eigenvalue weighted by molar-refractivity contribution is 0.0473. The summed E-state index contributed by atoms with van der Waals surface area (Å²) in [4.78, 5) is 4.91. The monoisotopic (exact) mass is 322 g/mol. The standard InChI is InChI=1S/C18H30N2O3/c1-14(2)11-20-8-7-19(13-16(20)6-9-21)12-15-4-5-17(22)10-18(15)23-3/h4-5,10,14,16,21-22H,6-9,11-13H2,1-3H3. The van der Waals surface area contributed by atoms with Gasteiger partial charge in [0, 0.05) is 57.0 Å². The quantitative estimate of drug-likeness (QED) is 0.803. The molecule has 0 radical (unpaired) electrons. The van der Waals surface area contributed by atoms with Crippen LogP contribution in [0.5, 0.6) is 11.5 Å². The number of benzene rings is 1. The average molecular weight is 322 g/mol. The summed E-state index contributed by atoms with van der Waals surface area (Å²) in [7, 11) is 1.63. The molecule has 1 unspecified atom stereocenters. The van der Waals surface area contributed by atoms with Crippen LogP contribution in [-0.2, 0) is 6.54 Å². The minimum absolute atomic E-state index is 0.227. The van der Waals surface area contributed by atoms with E-state index in [0.717, 1.165) is 50.5 Å². The van der Waals surface area contributed by atoms with Crippen LogP contribution in [-0.4, -0.2) is 66.0 Å². The molecule has 0 aliphatic carbocycles. The van der Waals surface area contributed by atoms with Crippen molar-refractivity contribution in [2.24, 2.45) is 5.92 Å². The van der Waals surface area contributed by atoms with Gasteiger partial charge in [0.2, 0.25) is 0 Å². The van der Waals surface area contributed by atoms with Crippen LogP contribution in [0.4, 0.5) is 0 Å². The Morgan fingerprint density at radius 1 is 1.30 bits per heavy atom. The predicted octanol–water partition coefficient (Wildman–Crippen LogP) is 1.93. The van der Waals surface area contributed by atoms with Crippen LogP contribution in [0.15, 0.2) is 18.2 Å². The molecule has 1 aromatic rings. The van der Waals surface area contributed by atoms with Gasteiger partial charge in [-0.05, 0) is 18.4 Å². The highest BCUT2D eigenvalue weighted by Crippen LogP contribution is 2.26. The fourth-order valence-electron chi connectivity index (χ4n) is 3.34. The number of aliphatic hydroxyl groups excluding tert-OH is 1. The summed E-state index contributed by atoms with van der Waals surface area (Å²) in [6.07, 6.45) is 0.815. The smallest absolute Gasteiger partial charge is 0.127 e. The van der Waals surface area contributed by atoms with Crippen molar-refractivity contribution in [1.82, 2.24) is 9.80 Å². The van der Waals surface area contributed by atoms with E-state index >= 15 is 0 Å². The van der Waals surface area contributed by atoms with Gasteiger partial charge in [-0.25, -0.2) is 0 Å². The summed E-state index contributed by atoms with van der Waals surface area (Å²) in [5, 5.41) is 18.9. The number of hydrogen-bond acceptors (Lipinski definition) is 5. The van der Waals surface area contributed by atoms with Gasteiger partial charge in [0.25, 0.3) is 0 Å². The van der Waals surface area contributed by atoms with Crippen LogP contribution in [0.25, 0.3) is 0 Å². The number of phenols is 1. The van der Waals surface area contributed by atoms with Gasteiger partial charge in [-0.3, -0.25) is 9.80 Å². The molecule has 23 heavy (non-hydrogen) atoms. The largest absolute Gasteiger partial charge is 0.508 e. The predicted molar refractivity (Wildman–Crippen MR) is 91.8 cm³/mol. The number of hydrogen-bond donors (Lipinski definition) is 2. The molecule has 2 N–H and O–H groups in total. The first-order chi connectivity index (χ1) is 11.0. The highest BCUT2D eigenvalue weighted by Gasteiger charge is 2.27. The minimum Gasteiger partial charge on any atom is -0.508 e. The van der Waals surface area contributed by atoms with Crippen molar-refractivity contribution in [2.75, 3.05) is 39.9 Å². The third kappa shape index (κ3) is 5.09. The van der Waals surface area contributed by atoms with Crippen LogP contribution in [0, 0.1) is 5.92 Å². The van der Waals surface area contributed by atoms with E-state index in [4.69, 9.17) is 4.74 Å². The number of aromatic hydroxyl groups is 1.